The summed E-state index contributed by atoms with van der Waals surface area (Å²) in [6.07, 6.45) is 5.13. The lowest BCUT2D eigenvalue weighted by Gasteiger charge is -2.33. The molecule has 3 aromatic rings. The predicted octanol–water partition coefficient (Wildman–Crippen LogP) is 5.37. The second kappa shape index (κ2) is 13.9. The lowest BCUT2D eigenvalue weighted by molar-refractivity contribution is -0.139. The molecule has 0 saturated heterocycles. The molecule has 1 N–H and O–H groups in total. The van der Waals surface area contributed by atoms with Crippen LogP contribution in [0.1, 0.15) is 55.7 Å². The zero-order valence-corrected chi connectivity index (χ0v) is 25.7. The summed E-state index contributed by atoms with van der Waals surface area (Å²) in [6, 6.07) is 20.2. The Hall–Kier alpha value is -3.85. The molecule has 1 saturated carbocycles. The van der Waals surface area contributed by atoms with E-state index >= 15 is 0 Å². The average Bonchev–Trinajstić information content (AvgIpc) is 2.99. The van der Waals surface area contributed by atoms with Gasteiger partial charge >= 0.3 is 0 Å². The van der Waals surface area contributed by atoms with Crippen LogP contribution in [0.4, 0.5) is 5.69 Å². The summed E-state index contributed by atoms with van der Waals surface area (Å²) >= 11 is 0. The summed E-state index contributed by atoms with van der Waals surface area (Å²) in [4.78, 5) is 29.1. The Balaban J connectivity index is 1.67. The standard InChI is InChI=1S/C33H41N3O5S/c1-24-13-19-31(20-14-24)42(39,40)36(29-12-8-9-25(2)21-29)23-32(37)35(22-27-15-17-30(41-4)18-16-27)26(3)33(38)34-28-10-6-5-7-11-28/h8-9,12-21,26,28H,5-7,10-11,22-23H2,1-4H3,(H,34,38). The van der Waals surface area contributed by atoms with E-state index in [0.717, 1.165) is 53.1 Å². The van der Waals surface area contributed by atoms with Crippen LogP contribution in [0.2, 0.25) is 0 Å². The topological polar surface area (TPSA) is 96.0 Å². The number of benzene rings is 3. The van der Waals surface area contributed by atoms with E-state index in [0.29, 0.717) is 11.4 Å². The quantitative estimate of drug-likeness (QED) is 0.323. The highest BCUT2D eigenvalue weighted by atomic mass is 32.2. The molecule has 0 bridgehead atoms. The fourth-order valence-electron chi connectivity index (χ4n) is 5.23. The Bertz CT molecular complexity index is 1470. The van der Waals surface area contributed by atoms with Crippen molar-refractivity contribution < 1.29 is 22.7 Å². The van der Waals surface area contributed by atoms with Crippen molar-refractivity contribution in [2.45, 2.75) is 76.4 Å². The molecule has 9 heteroatoms. The minimum atomic E-state index is -4.10. The van der Waals surface area contributed by atoms with Gasteiger partial charge in [-0.25, -0.2) is 8.42 Å². The number of anilines is 1. The minimum Gasteiger partial charge on any atom is -0.497 e. The number of aryl methyl sites for hydroxylation is 2. The van der Waals surface area contributed by atoms with E-state index in [1.807, 2.05) is 32.0 Å². The van der Waals surface area contributed by atoms with Crippen LogP contribution in [0, 0.1) is 13.8 Å². The molecule has 42 heavy (non-hydrogen) atoms. The molecule has 0 heterocycles. The Morgan fingerprint density at radius 3 is 2.21 bits per heavy atom. The van der Waals surface area contributed by atoms with Gasteiger partial charge in [-0.1, -0.05) is 61.2 Å². The van der Waals surface area contributed by atoms with Gasteiger partial charge < -0.3 is 15.0 Å². The number of nitrogens with zero attached hydrogens (tertiary/aromatic N) is 2. The summed E-state index contributed by atoms with van der Waals surface area (Å²) < 4.78 is 34.4. The molecule has 1 unspecified atom stereocenters. The lowest BCUT2D eigenvalue weighted by Crippen LogP contribution is -2.53. The maximum Gasteiger partial charge on any atom is 0.264 e. The molecule has 4 rings (SSSR count). The fraction of sp³-hybridized carbons (Fsp3) is 0.394. The van der Waals surface area contributed by atoms with Crippen LogP contribution in [0.3, 0.4) is 0 Å². The SMILES string of the molecule is COc1ccc(CN(C(=O)CN(c2cccc(C)c2)S(=O)(=O)c2ccc(C)cc2)C(C)C(=O)NC2CCCCC2)cc1. The number of carbonyl (C=O) groups excluding carboxylic acids is 2. The molecule has 0 radical (unpaired) electrons. The van der Waals surface area contributed by atoms with E-state index in [9.17, 15) is 18.0 Å². The smallest absolute Gasteiger partial charge is 0.264 e. The molecule has 0 aliphatic heterocycles. The maximum absolute atomic E-state index is 14.1. The monoisotopic (exact) mass is 591 g/mol. The highest BCUT2D eigenvalue weighted by Gasteiger charge is 2.33. The molecule has 2 amide bonds. The summed E-state index contributed by atoms with van der Waals surface area (Å²) in [7, 11) is -2.52. The van der Waals surface area contributed by atoms with Gasteiger partial charge in [-0.2, -0.15) is 0 Å². The molecule has 1 fully saturated rings. The summed E-state index contributed by atoms with van der Waals surface area (Å²) in [6.45, 7) is 5.13. The van der Waals surface area contributed by atoms with Gasteiger partial charge in [0.15, 0.2) is 0 Å². The summed E-state index contributed by atoms with van der Waals surface area (Å²) in [5.74, 6) is -0.0453. The Morgan fingerprint density at radius 1 is 0.929 bits per heavy atom. The van der Waals surface area contributed by atoms with Crippen molar-refractivity contribution in [2.24, 2.45) is 0 Å². The van der Waals surface area contributed by atoms with E-state index in [2.05, 4.69) is 5.32 Å². The first kappa shape index (κ1) is 31.1. The zero-order valence-electron chi connectivity index (χ0n) is 24.9. The van der Waals surface area contributed by atoms with Crippen LogP contribution < -0.4 is 14.4 Å². The normalized spacial score (nSPS) is 14.6. The van der Waals surface area contributed by atoms with Crippen LogP contribution in [-0.4, -0.2) is 50.9 Å². The number of hydrogen-bond donors (Lipinski definition) is 1. The highest BCUT2D eigenvalue weighted by Crippen LogP contribution is 2.26. The van der Waals surface area contributed by atoms with Crippen molar-refractivity contribution in [1.29, 1.82) is 0 Å². The van der Waals surface area contributed by atoms with Gasteiger partial charge in [0.1, 0.15) is 18.3 Å². The molecule has 0 aromatic heterocycles. The first-order valence-electron chi connectivity index (χ1n) is 14.5. The van der Waals surface area contributed by atoms with Gasteiger partial charge in [0.2, 0.25) is 11.8 Å². The third-order valence-corrected chi connectivity index (χ3v) is 9.60. The molecular formula is C33H41N3O5S. The van der Waals surface area contributed by atoms with Gasteiger partial charge in [0, 0.05) is 12.6 Å². The zero-order chi connectivity index (χ0) is 30.3. The van der Waals surface area contributed by atoms with Gasteiger partial charge in [-0.15, -0.1) is 0 Å². The summed E-state index contributed by atoms with van der Waals surface area (Å²) in [5.41, 5.74) is 2.97. The van der Waals surface area contributed by atoms with Crippen LogP contribution in [0.25, 0.3) is 0 Å². The van der Waals surface area contributed by atoms with Gasteiger partial charge in [0.05, 0.1) is 17.7 Å². The van der Waals surface area contributed by atoms with E-state index in [4.69, 9.17) is 4.74 Å². The molecule has 1 aliphatic carbocycles. The van der Waals surface area contributed by atoms with Crippen molar-refractivity contribution in [2.75, 3.05) is 18.0 Å². The second-order valence-electron chi connectivity index (χ2n) is 11.1. The Kier molecular flexibility index (Phi) is 10.3. The van der Waals surface area contributed by atoms with Crippen molar-refractivity contribution in [3.05, 3.63) is 89.5 Å². The van der Waals surface area contributed by atoms with Crippen LogP contribution >= 0.6 is 0 Å². The molecule has 224 valence electrons. The van der Waals surface area contributed by atoms with Crippen LogP contribution in [0.5, 0.6) is 5.75 Å². The number of hydrogen-bond acceptors (Lipinski definition) is 5. The number of amides is 2. The first-order valence-corrected chi connectivity index (χ1v) is 15.9. The molecule has 1 atom stereocenters. The van der Waals surface area contributed by atoms with Crippen molar-refractivity contribution in [1.82, 2.24) is 10.2 Å². The minimum absolute atomic E-state index is 0.0809. The van der Waals surface area contributed by atoms with Crippen LogP contribution in [0.15, 0.2) is 77.7 Å². The van der Waals surface area contributed by atoms with E-state index in [1.54, 1.807) is 68.6 Å². The molecule has 1 aliphatic rings. The first-order chi connectivity index (χ1) is 20.1. The van der Waals surface area contributed by atoms with Crippen molar-refractivity contribution >= 4 is 27.5 Å². The summed E-state index contributed by atoms with van der Waals surface area (Å²) in [5, 5.41) is 3.13. The third kappa shape index (κ3) is 7.70. The second-order valence-corrected chi connectivity index (χ2v) is 12.9. The molecule has 3 aromatic carbocycles. The number of methoxy groups -OCH3 is 1. The van der Waals surface area contributed by atoms with Crippen LogP contribution in [-0.2, 0) is 26.2 Å². The average molecular weight is 592 g/mol. The predicted molar refractivity (Wildman–Crippen MR) is 165 cm³/mol. The molecule has 0 spiro atoms. The number of rotatable bonds is 11. The van der Waals surface area contributed by atoms with E-state index in [1.165, 1.54) is 4.90 Å². The number of ether oxygens (including phenoxy) is 1. The molecular weight excluding hydrogens is 550 g/mol. The van der Waals surface area contributed by atoms with Gasteiger partial charge in [-0.3, -0.25) is 13.9 Å². The maximum atomic E-state index is 14.1. The van der Waals surface area contributed by atoms with E-state index in [-0.39, 0.29) is 23.4 Å². The Morgan fingerprint density at radius 2 is 1.60 bits per heavy atom. The molecule has 8 nitrogen and oxygen atoms in total. The number of nitrogens with one attached hydrogen (secondary N) is 1. The third-order valence-electron chi connectivity index (χ3n) is 7.81. The van der Waals surface area contributed by atoms with E-state index < -0.39 is 28.5 Å². The lowest BCUT2D eigenvalue weighted by atomic mass is 9.95. The number of carbonyl (C=O) groups is 2. The highest BCUT2D eigenvalue weighted by molar-refractivity contribution is 7.92. The van der Waals surface area contributed by atoms with Crippen molar-refractivity contribution in [3.63, 3.8) is 0 Å². The van der Waals surface area contributed by atoms with Gasteiger partial charge in [0.25, 0.3) is 10.0 Å². The van der Waals surface area contributed by atoms with Crippen molar-refractivity contribution in [3.8, 4) is 5.75 Å². The fourth-order valence-corrected chi connectivity index (χ4v) is 6.63. The van der Waals surface area contributed by atoms with Gasteiger partial charge in [-0.05, 0) is 81.1 Å². The Labute approximate surface area is 249 Å². The largest absolute Gasteiger partial charge is 0.497 e. The number of sulfonamides is 1.